The first-order chi connectivity index (χ1) is 16.8. The molecular formula is C27H40N4O4S. The van der Waals surface area contributed by atoms with Crippen molar-refractivity contribution in [2.45, 2.75) is 66.6 Å². The number of amides is 2. The number of benzene rings is 2. The average molecular weight is 517 g/mol. The Morgan fingerprint density at radius 2 is 1.61 bits per heavy atom. The van der Waals surface area contributed by atoms with Crippen LogP contribution in [0.15, 0.2) is 42.5 Å². The Balaban J connectivity index is 2.51. The highest BCUT2D eigenvalue weighted by atomic mass is 32.2. The van der Waals surface area contributed by atoms with Gasteiger partial charge in [0.2, 0.25) is 11.8 Å². The molecule has 0 heterocycles. The quantitative estimate of drug-likeness (QED) is 0.495. The van der Waals surface area contributed by atoms with Gasteiger partial charge in [-0.3, -0.25) is 9.59 Å². The molecule has 2 atom stereocenters. The van der Waals surface area contributed by atoms with E-state index in [1.165, 1.54) is 19.0 Å². The zero-order valence-corrected chi connectivity index (χ0v) is 23.5. The number of hydrogen-bond donors (Lipinski definition) is 1. The van der Waals surface area contributed by atoms with Gasteiger partial charge in [0.1, 0.15) is 12.6 Å². The van der Waals surface area contributed by atoms with Crippen LogP contribution in [-0.4, -0.2) is 62.2 Å². The third-order valence-electron chi connectivity index (χ3n) is 6.26. The fraction of sp³-hybridized carbons (Fsp3) is 0.481. The van der Waals surface area contributed by atoms with Crippen LogP contribution in [0, 0.1) is 20.8 Å². The number of nitrogens with one attached hydrogen (secondary N) is 1. The van der Waals surface area contributed by atoms with E-state index >= 15 is 0 Å². The van der Waals surface area contributed by atoms with Gasteiger partial charge in [0, 0.05) is 26.7 Å². The maximum Gasteiger partial charge on any atom is 0.304 e. The maximum absolute atomic E-state index is 13.8. The molecule has 0 saturated heterocycles. The van der Waals surface area contributed by atoms with Crippen LogP contribution in [0.25, 0.3) is 0 Å². The number of anilines is 1. The van der Waals surface area contributed by atoms with Gasteiger partial charge < -0.3 is 10.2 Å². The van der Waals surface area contributed by atoms with E-state index in [0.717, 1.165) is 37.3 Å². The number of carbonyl (C=O) groups excluding carboxylic acids is 2. The van der Waals surface area contributed by atoms with Crippen molar-refractivity contribution in [3.63, 3.8) is 0 Å². The van der Waals surface area contributed by atoms with Crippen LogP contribution >= 0.6 is 0 Å². The van der Waals surface area contributed by atoms with Crippen LogP contribution in [0.1, 0.15) is 49.4 Å². The van der Waals surface area contributed by atoms with Crippen molar-refractivity contribution >= 4 is 27.7 Å². The third-order valence-corrected chi connectivity index (χ3v) is 8.06. The smallest absolute Gasteiger partial charge is 0.304 e. The van der Waals surface area contributed by atoms with E-state index in [-0.39, 0.29) is 18.5 Å². The lowest BCUT2D eigenvalue weighted by Crippen LogP contribution is -2.53. The van der Waals surface area contributed by atoms with Crippen LogP contribution in [0.3, 0.4) is 0 Å². The van der Waals surface area contributed by atoms with Crippen LogP contribution in [0.4, 0.5) is 5.69 Å². The van der Waals surface area contributed by atoms with E-state index in [2.05, 4.69) is 5.32 Å². The van der Waals surface area contributed by atoms with Crippen LogP contribution in [0.2, 0.25) is 0 Å². The second kappa shape index (κ2) is 12.4. The molecule has 198 valence electrons. The highest BCUT2D eigenvalue weighted by Gasteiger charge is 2.33. The molecule has 0 fully saturated rings. The highest BCUT2D eigenvalue weighted by Crippen LogP contribution is 2.26. The van der Waals surface area contributed by atoms with Crippen molar-refractivity contribution in [2.24, 2.45) is 0 Å². The molecule has 0 saturated carbocycles. The van der Waals surface area contributed by atoms with Gasteiger partial charge >= 0.3 is 10.2 Å². The van der Waals surface area contributed by atoms with E-state index in [9.17, 15) is 18.0 Å². The number of carbonyl (C=O) groups is 2. The summed E-state index contributed by atoms with van der Waals surface area (Å²) in [6.07, 6.45) is 0.756. The SMILES string of the molecule is CC[C@H](C)NC(=O)[C@@H](C)N(Cc1cccc(C)c1)C(=O)CN(c1cc(C)ccc1C)S(=O)(=O)N(C)C. The Morgan fingerprint density at radius 3 is 2.19 bits per heavy atom. The molecule has 36 heavy (non-hydrogen) atoms. The molecule has 8 nitrogen and oxygen atoms in total. The Labute approximate surface area is 216 Å². The molecule has 0 aliphatic heterocycles. The predicted octanol–water partition coefficient (Wildman–Crippen LogP) is 3.56. The maximum atomic E-state index is 13.8. The molecule has 0 aliphatic carbocycles. The van der Waals surface area contributed by atoms with E-state index in [4.69, 9.17) is 0 Å². The zero-order valence-electron chi connectivity index (χ0n) is 22.7. The molecule has 0 aromatic heterocycles. The van der Waals surface area contributed by atoms with Crippen molar-refractivity contribution in [1.82, 2.24) is 14.5 Å². The number of aryl methyl sites for hydroxylation is 3. The van der Waals surface area contributed by atoms with Gasteiger partial charge in [0.05, 0.1) is 5.69 Å². The van der Waals surface area contributed by atoms with E-state index < -0.39 is 28.7 Å². The largest absolute Gasteiger partial charge is 0.352 e. The van der Waals surface area contributed by atoms with Gasteiger partial charge in [0.25, 0.3) is 0 Å². The van der Waals surface area contributed by atoms with Crippen LogP contribution in [-0.2, 0) is 26.3 Å². The lowest BCUT2D eigenvalue weighted by Gasteiger charge is -2.33. The van der Waals surface area contributed by atoms with Crippen LogP contribution < -0.4 is 9.62 Å². The molecule has 2 rings (SSSR count). The first-order valence-corrected chi connectivity index (χ1v) is 13.6. The number of rotatable bonds is 11. The molecule has 0 bridgehead atoms. The second-order valence-electron chi connectivity index (χ2n) is 9.59. The lowest BCUT2D eigenvalue weighted by atomic mass is 10.1. The molecule has 1 N–H and O–H groups in total. The van der Waals surface area contributed by atoms with Crippen LogP contribution in [0.5, 0.6) is 0 Å². The minimum absolute atomic E-state index is 0.0450. The zero-order chi connectivity index (χ0) is 27.2. The molecule has 0 radical (unpaired) electrons. The third kappa shape index (κ3) is 7.30. The van der Waals surface area contributed by atoms with Gasteiger partial charge in [-0.05, 0) is 63.8 Å². The average Bonchev–Trinajstić information content (AvgIpc) is 2.81. The number of nitrogens with zero attached hydrogens (tertiary/aromatic N) is 3. The van der Waals surface area contributed by atoms with Gasteiger partial charge in [-0.25, -0.2) is 4.31 Å². The molecule has 0 aliphatic rings. The topological polar surface area (TPSA) is 90.0 Å². The molecule has 2 aromatic rings. The van der Waals surface area contributed by atoms with Crippen molar-refractivity contribution in [1.29, 1.82) is 0 Å². The van der Waals surface area contributed by atoms with E-state index in [1.54, 1.807) is 13.0 Å². The van der Waals surface area contributed by atoms with Crippen molar-refractivity contribution in [2.75, 3.05) is 24.9 Å². The first-order valence-electron chi connectivity index (χ1n) is 12.2. The Kier molecular flexibility index (Phi) is 10.1. The van der Waals surface area contributed by atoms with Gasteiger partial charge in [-0.15, -0.1) is 0 Å². The summed E-state index contributed by atoms with van der Waals surface area (Å²) in [5.41, 5.74) is 3.93. The standard InChI is InChI=1S/C27H40N4O4S/c1-9-22(5)28-27(33)23(6)30(17-24-12-10-11-19(2)15-24)26(32)18-31(36(34,35)29(7)8)25-16-20(3)13-14-21(25)4/h10-16,22-23H,9,17-18H2,1-8H3,(H,28,33)/t22-,23+/m0/s1. The highest BCUT2D eigenvalue weighted by molar-refractivity contribution is 7.90. The minimum atomic E-state index is -3.99. The fourth-order valence-corrected chi connectivity index (χ4v) is 4.86. The first kappa shape index (κ1) is 29.3. The summed E-state index contributed by atoms with van der Waals surface area (Å²) in [7, 11) is -1.12. The predicted molar refractivity (Wildman–Crippen MR) is 145 cm³/mol. The van der Waals surface area contributed by atoms with Gasteiger partial charge in [-0.2, -0.15) is 12.7 Å². The van der Waals surface area contributed by atoms with Crippen molar-refractivity contribution < 1.29 is 18.0 Å². The second-order valence-corrected chi connectivity index (χ2v) is 11.7. The Bertz CT molecular complexity index is 1180. The molecular weight excluding hydrogens is 476 g/mol. The summed E-state index contributed by atoms with van der Waals surface area (Å²) in [5, 5.41) is 2.94. The Hall–Kier alpha value is -2.91. The molecule has 2 aromatic carbocycles. The van der Waals surface area contributed by atoms with Crippen molar-refractivity contribution in [3.8, 4) is 0 Å². The summed E-state index contributed by atoms with van der Waals surface area (Å²) < 4.78 is 28.9. The van der Waals surface area contributed by atoms with E-state index in [0.29, 0.717) is 5.69 Å². The van der Waals surface area contributed by atoms with Crippen molar-refractivity contribution in [3.05, 3.63) is 64.7 Å². The molecule has 2 amide bonds. The normalized spacial score (nSPS) is 13.2. The van der Waals surface area contributed by atoms with Gasteiger partial charge in [-0.1, -0.05) is 48.9 Å². The summed E-state index contributed by atoms with van der Waals surface area (Å²) in [4.78, 5) is 28.3. The monoisotopic (exact) mass is 516 g/mol. The minimum Gasteiger partial charge on any atom is -0.352 e. The molecule has 0 spiro atoms. The summed E-state index contributed by atoms with van der Waals surface area (Å²) in [6, 6.07) is 12.4. The lowest BCUT2D eigenvalue weighted by molar-refractivity contribution is -0.139. The summed E-state index contributed by atoms with van der Waals surface area (Å²) >= 11 is 0. The summed E-state index contributed by atoms with van der Waals surface area (Å²) in [6.45, 7) is 10.9. The van der Waals surface area contributed by atoms with E-state index in [1.807, 2.05) is 71.0 Å². The molecule has 9 heteroatoms. The number of hydrogen-bond acceptors (Lipinski definition) is 4. The molecule has 0 unspecified atom stereocenters. The van der Waals surface area contributed by atoms with Gasteiger partial charge in [0.15, 0.2) is 0 Å². The summed E-state index contributed by atoms with van der Waals surface area (Å²) in [5.74, 6) is -0.742. The Morgan fingerprint density at radius 1 is 0.972 bits per heavy atom. The fourth-order valence-electron chi connectivity index (χ4n) is 3.75.